The molecule has 1 rings (SSSR count). The summed E-state index contributed by atoms with van der Waals surface area (Å²) >= 11 is 2.97. The molecule has 1 aromatic carbocycles. The molecule has 0 bridgehead atoms. The fourth-order valence-electron chi connectivity index (χ4n) is 1.19. The van der Waals surface area contributed by atoms with Gasteiger partial charge in [0.1, 0.15) is 0 Å². The number of halogens is 2. The highest BCUT2D eigenvalue weighted by atomic mass is 79.9. The lowest BCUT2D eigenvalue weighted by Gasteiger charge is -2.13. The van der Waals surface area contributed by atoms with Crippen LogP contribution in [0.3, 0.4) is 0 Å². The molecule has 0 aliphatic carbocycles. The Labute approximate surface area is 90.0 Å². The van der Waals surface area contributed by atoms with E-state index < -0.39 is 17.6 Å². The Morgan fingerprint density at radius 1 is 1.50 bits per heavy atom. The topological polar surface area (TPSA) is 72.3 Å². The van der Waals surface area contributed by atoms with Gasteiger partial charge in [-0.1, -0.05) is 6.07 Å². The van der Waals surface area contributed by atoms with Crippen molar-refractivity contribution in [3.8, 4) is 5.75 Å². The van der Waals surface area contributed by atoms with Gasteiger partial charge in [-0.25, -0.2) is 4.39 Å². The van der Waals surface area contributed by atoms with Gasteiger partial charge in [0.2, 0.25) is 0 Å². The van der Waals surface area contributed by atoms with Crippen molar-refractivity contribution in [2.24, 2.45) is 11.5 Å². The van der Waals surface area contributed by atoms with Gasteiger partial charge in [0.05, 0.1) is 4.47 Å². The Hall–Kier alpha value is -0.650. The summed E-state index contributed by atoms with van der Waals surface area (Å²) in [6.07, 6.45) is 0.509. The first-order valence-corrected chi connectivity index (χ1v) is 4.99. The lowest BCUT2D eigenvalue weighted by atomic mass is 10.0. The summed E-state index contributed by atoms with van der Waals surface area (Å²) in [5, 5.41) is 9.45. The Bertz CT molecular complexity index is 333. The smallest absolute Gasteiger partial charge is 0.179 e. The summed E-state index contributed by atoms with van der Waals surface area (Å²) in [5.41, 5.74) is 11.4. The van der Waals surface area contributed by atoms with Crippen LogP contribution in [-0.4, -0.2) is 11.7 Å². The van der Waals surface area contributed by atoms with Gasteiger partial charge in [-0.3, -0.25) is 0 Å². The van der Waals surface area contributed by atoms with Crippen molar-refractivity contribution in [1.29, 1.82) is 0 Å². The second kappa shape index (κ2) is 4.72. The molecule has 0 heterocycles. The molecule has 1 atom stereocenters. The SMILES string of the molecule is NCC[C@@H](N)c1ccc(Br)c(F)c1O. The minimum Gasteiger partial charge on any atom is -0.505 e. The van der Waals surface area contributed by atoms with Crippen LogP contribution in [0.15, 0.2) is 16.6 Å². The Morgan fingerprint density at radius 2 is 2.14 bits per heavy atom. The summed E-state index contributed by atoms with van der Waals surface area (Å²) in [6.45, 7) is 0.401. The predicted molar refractivity (Wildman–Crippen MR) is 56.4 cm³/mol. The molecule has 5 heteroatoms. The van der Waals surface area contributed by atoms with Crippen molar-refractivity contribution in [1.82, 2.24) is 0 Å². The zero-order valence-corrected chi connectivity index (χ0v) is 9.09. The highest BCUT2D eigenvalue weighted by molar-refractivity contribution is 9.10. The number of phenolic OH excluding ortho intramolecular Hbond substituents is 1. The van der Waals surface area contributed by atoms with Crippen LogP contribution in [0.25, 0.3) is 0 Å². The summed E-state index contributed by atoms with van der Waals surface area (Å²) in [5.74, 6) is -1.09. The van der Waals surface area contributed by atoms with Gasteiger partial charge in [-0.2, -0.15) is 0 Å². The normalized spacial score (nSPS) is 12.9. The van der Waals surface area contributed by atoms with E-state index >= 15 is 0 Å². The molecule has 5 N–H and O–H groups in total. The third-order valence-corrected chi connectivity index (χ3v) is 2.59. The molecule has 0 radical (unpaired) electrons. The maximum absolute atomic E-state index is 13.2. The molecule has 3 nitrogen and oxygen atoms in total. The first-order valence-electron chi connectivity index (χ1n) is 4.20. The van der Waals surface area contributed by atoms with E-state index in [4.69, 9.17) is 11.5 Å². The third-order valence-electron chi connectivity index (χ3n) is 1.98. The van der Waals surface area contributed by atoms with E-state index in [9.17, 15) is 9.50 Å². The van der Waals surface area contributed by atoms with Gasteiger partial charge in [0.25, 0.3) is 0 Å². The Morgan fingerprint density at radius 3 is 2.71 bits per heavy atom. The average molecular weight is 263 g/mol. The van der Waals surface area contributed by atoms with Crippen LogP contribution in [0.1, 0.15) is 18.0 Å². The van der Waals surface area contributed by atoms with Crippen molar-refractivity contribution in [3.05, 3.63) is 28.0 Å². The molecule has 0 aromatic heterocycles. The van der Waals surface area contributed by atoms with Crippen molar-refractivity contribution >= 4 is 15.9 Å². The molecule has 0 aliphatic rings. The number of hydrogen-bond donors (Lipinski definition) is 3. The molecular weight excluding hydrogens is 251 g/mol. The zero-order valence-electron chi connectivity index (χ0n) is 7.50. The summed E-state index contributed by atoms with van der Waals surface area (Å²) < 4.78 is 13.4. The van der Waals surface area contributed by atoms with Gasteiger partial charge in [-0.05, 0) is 35.0 Å². The van der Waals surface area contributed by atoms with Crippen molar-refractivity contribution in [2.75, 3.05) is 6.54 Å². The minimum atomic E-state index is -0.685. The van der Waals surface area contributed by atoms with Crippen molar-refractivity contribution in [3.63, 3.8) is 0 Å². The molecule has 0 fully saturated rings. The van der Waals surface area contributed by atoms with Crippen LogP contribution in [0.2, 0.25) is 0 Å². The second-order valence-electron chi connectivity index (χ2n) is 2.98. The van der Waals surface area contributed by atoms with E-state index in [1.54, 1.807) is 6.07 Å². The van der Waals surface area contributed by atoms with Crippen LogP contribution < -0.4 is 11.5 Å². The molecule has 0 amide bonds. The number of aromatic hydroxyl groups is 1. The molecule has 78 valence electrons. The standard InChI is InChI=1S/C9H12BrFN2O/c10-6-2-1-5(7(13)3-4-12)9(14)8(6)11/h1-2,7,14H,3-4,12-13H2/t7-/m1/s1. The van der Waals surface area contributed by atoms with Crippen LogP contribution in [0, 0.1) is 5.82 Å². The van der Waals surface area contributed by atoms with Crippen LogP contribution in [-0.2, 0) is 0 Å². The van der Waals surface area contributed by atoms with E-state index in [0.717, 1.165) is 0 Å². The number of hydrogen-bond acceptors (Lipinski definition) is 3. The largest absolute Gasteiger partial charge is 0.505 e. The highest BCUT2D eigenvalue weighted by Gasteiger charge is 2.15. The van der Waals surface area contributed by atoms with Gasteiger partial charge < -0.3 is 16.6 Å². The molecule has 14 heavy (non-hydrogen) atoms. The van der Waals surface area contributed by atoms with Gasteiger partial charge >= 0.3 is 0 Å². The van der Waals surface area contributed by atoms with Crippen LogP contribution in [0.5, 0.6) is 5.75 Å². The van der Waals surface area contributed by atoms with Crippen LogP contribution in [0.4, 0.5) is 4.39 Å². The fraction of sp³-hybridized carbons (Fsp3) is 0.333. The molecular formula is C9H12BrFN2O. The first-order chi connectivity index (χ1) is 6.57. The minimum absolute atomic E-state index is 0.221. The van der Waals surface area contributed by atoms with Crippen molar-refractivity contribution < 1.29 is 9.50 Å². The molecule has 0 unspecified atom stereocenters. The second-order valence-corrected chi connectivity index (χ2v) is 3.84. The third kappa shape index (κ3) is 2.23. The van der Waals surface area contributed by atoms with E-state index in [1.807, 2.05) is 0 Å². The number of rotatable bonds is 3. The van der Waals surface area contributed by atoms with E-state index in [-0.39, 0.29) is 4.47 Å². The maximum atomic E-state index is 13.2. The number of benzene rings is 1. The van der Waals surface area contributed by atoms with Gasteiger partial charge in [0, 0.05) is 11.6 Å². The van der Waals surface area contributed by atoms with Gasteiger partial charge in [-0.15, -0.1) is 0 Å². The van der Waals surface area contributed by atoms with Gasteiger partial charge in [0.15, 0.2) is 11.6 Å². The fourth-order valence-corrected chi connectivity index (χ4v) is 1.51. The summed E-state index contributed by atoms with van der Waals surface area (Å²) in [6, 6.07) is 2.67. The Balaban J connectivity index is 3.04. The number of nitrogens with two attached hydrogens (primary N) is 2. The zero-order chi connectivity index (χ0) is 10.7. The number of phenols is 1. The average Bonchev–Trinajstić information content (AvgIpc) is 2.15. The monoisotopic (exact) mass is 262 g/mol. The Kier molecular flexibility index (Phi) is 3.86. The van der Waals surface area contributed by atoms with E-state index in [1.165, 1.54) is 6.07 Å². The van der Waals surface area contributed by atoms with E-state index in [0.29, 0.717) is 18.5 Å². The summed E-state index contributed by atoms with van der Waals surface area (Å²) in [4.78, 5) is 0. The quantitative estimate of drug-likeness (QED) is 0.776. The lowest BCUT2D eigenvalue weighted by Crippen LogP contribution is -2.15. The molecule has 0 aliphatic heterocycles. The molecule has 0 saturated heterocycles. The predicted octanol–water partition coefficient (Wildman–Crippen LogP) is 1.64. The highest BCUT2D eigenvalue weighted by Crippen LogP contribution is 2.31. The molecule has 0 saturated carbocycles. The molecule has 0 spiro atoms. The lowest BCUT2D eigenvalue weighted by molar-refractivity contribution is 0.417. The maximum Gasteiger partial charge on any atom is 0.179 e. The van der Waals surface area contributed by atoms with Crippen molar-refractivity contribution in [2.45, 2.75) is 12.5 Å². The van der Waals surface area contributed by atoms with Crippen LogP contribution >= 0.6 is 15.9 Å². The summed E-state index contributed by atoms with van der Waals surface area (Å²) in [7, 11) is 0. The van der Waals surface area contributed by atoms with E-state index in [2.05, 4.69) is 15.9 Å². The first kappa shape index (κ1) is 11.4. The molecule has 1 aromatic rings.